The quantitative estimate of drug-likeness (QED) is 0.595. The smallest absolute Gasteiger partial charge is 0.369 e. The highest BCUT2D eigenvalue weighted by molar-refractivity contribution is 6.44. The predicted octanol–water partition coefficient (Wildman–Crippen LogP) is 2.58. The average Bonchev–Trinajstić information content (AvgIpc) is 3.08. The molecular weight excluding hydrogens is 417 g/mol. The lowest BCUT2D eigenvalue weighted by Gasteiger charge is -2.30. The molecule has 29 heavy (non-hydrogen) atoms. The van der Waals surface area contributed by atoms with Crippen molar-refractivity contribution in [2.45, 2.75) is 24.4 Å². The van der Waals surface area contributed by atoms with Gasteiger partial charge in [0.15, 0.2) is 0 Å². The summed E-state index contributed by atoms with van der Waals surface area (Å²) in [5.41, 5.74) is -3.66. The first-order valence-corrected chi connectivity index (χ1v) is 7.60. The Bertz CT molecular complexity index is 894. The topological polar surface area (TPSA) is 91.5 Å². The standard InChI is InChI=1S/C14H9F7N6O2/c15-8-1-7(3-22-5-8)4-23-27-6-10(24-25-11(27)28)9-2-12(29-26-9,13(16,17)18)14(19,20)21/h1,3-5H,2,6H2,(H,25,28)/b23-4+. The van der Waals surface area contributed by atoms with Crippen molar-refractivity contribution in [2.75, 3.05) is 6.54 Å². The maximum Gasteiger partial charge on any atom is 0.440 e. The summed E-state index contributed by atoms with van der Waals surface area (Å²) in [5.74, 6) is -0.688. The zero-order chi connectivity index (χ0) is 21.4. The first-order chi connectivity index (χ1) is 13.4. The van der Waals surface area contributed by atoms with Gasteiger partial charge in [-0.05, 0) is 6.07 Å². The minimum absolute atomic E-state index is 0.150. The maximum atomic E-state index is 13.1. The number of halogens is 7. The third-order valence-electron chi connectivity index (χ3n) is 3.87. The van der Waals surface area contributed by atoms with Crippen LogP contribution in [-0.4, -0.2) is 58.2 Å². The fourth-order valence-electron chi connectivity index (χ4n) is 2.36. The van der Waals surface area contributed by atoms with E-state index in [1.165, 1.54) is 6.20 Å². The maximum absolute atomic E-state index is 13.1. The van der Waals surface area contributed by atoms with Crippen LogP contribution in [0.2, 0.25) is 0 Å². The molecule has 0 spiro atoms. The number of amides is 2. The molecule has 3 rings (SSSR count). The molecule has 0 radical (unpaired) electrons. The summed E-state index contributed by atoms with van der Waals surface area (Å²) >= 11 is 0. The second-order valence-corrected chi connectivity index (χ2v) is 5.84. The number of pyridine rings is 1. The Morgan fingerprint density at radius 1 is 1.17 bits per heavy atom. The van der Waals surface area contributed by atoms with Gasteiger partial charge in [0.05, 0.1) is 25.4 Å². The Hall–Kier alpha value is -3.26. The summed E-state index contributed by atoms with van der Waals surface area (Å²) in [6, 6.07) is 0.107. The normalized spacial score (nSPS) is 19.7. The number of aromatic nitrogens is 1. The molecule has 2 aliphatic heterocycles. The monoisotopic (exact) mass is 426 g/mol. The van der Waals surface area contributed by atoms with E-state index in [1.54, 1.807) is 0 Å². The Labute approximate surface area is 156 Å². The van der Waals surface area contributed by atoms with Crippen molar-refractivity contribution in [3.8, 4) is 0 Å². The van der Waals surface area contributed by atoms with Crippen molar-refractivity contribution in [3.63, 3.8) is 0 Å². The first kappa shape index (κ1) is 20.5. The zero-order valence-corrected chi connectivity index (χ0v) is 13.9. The van der Waals surface area contributed by atoms with E-state index in [0.717, 1.165) is 18.5 Å². The van der Waals surface area contributed by atoms with Crippen LogP contribution in [0.4, 0.5) is 35.5 Å². The number of nitrogens with zero attached hydrogens (tertiary/aromatic N) is 5. The molecule has 0 saturated carbocycles. The summed E-state index contributed by atoms with van der Waals surface area (Å²) < 4.78 is 91.3. The number of alkyl halides is 6. The largest absolute Gasteiger partial charge is 0.440 e. The van der Waals surface area contributed by atoms with Crippen LogP contribution >= 0.6 is 0 Å². The summed E-state index contributed by atoms with van der Waals surface area (Å²) in [6.07, 6.45) is -10.1. The van der Waals surface area contributed by atoms with E-state index in [1.807, 2.05) is 5.43 Å². The molecule has 1 aromatic rings. The van der Waals surface area contributed by atoms with Crippen LogP contribution in [0, 0.1) is 5.82 Å². The molecular formula is C14H9F7N6O2. The number of hydrogen-bond donors (Lipinski definition) is 1. The van der Waals surface area contributed by atoms with Crippen molar-refractivity contribution >= 4 is 23.7 Å². The first-order valence-electron chi connectivity index (χ1n) is 7.60. The molecule has 0 bridgehead atoms. The SMILES string of the molecule is O=C1NN=C(C2=NOC(C(F)(F)F)(C(F)(F)F)C2)CN1/N=C/c1cncc(F)c1. The van der Waals surface area contributed by atoms with E-state index in [-0.39, 0.29) is 5.56 Å². The van der Waals surface area contributed by atoms with E-state index in [4.69, 9.17) is 0 Å². The van der Waals surface area contributed by atoms with Gasteiger partial charge in [-0.2, -0.15) is 36.5 Å². The van der Waals surface area contributed by atoms with Crippen LogP contribution in [0.1, 0.15) is 12.0 Å². The Kier molecular flexibility index (Phi) is 4.92. The second-order valence-electron chi connectivity index (χ2n) is 5.84. The summed E-state index contributed by atoms with van der Waals surface area (Å²) in [4.78, 5) is 19.1. The predicted molar refractivity (Wildman–Crippen MR) is 82.4 cm³/mol. The minimum atomic E-state index is -5.79. The lowest BCUT2D eigenvalue weighted by atomic mass is 9.94. The van der Waals surface area contributed by atoms with Crippen LogP contribution < -0.4 is 5.43 Å². The number of rotatable bonds is 3. The van der Waals surface area contributed by atoms with Gasteiger partial charge in [0, 0.05) is 11.8 Å². The third kappa shape index (κ3) is 3.84. The fraction of sp³-hybridized carbons (Fsp3) is 0.357. The molecule has 0 unspecified atom stereocenters. The number of hydrazone groups is 2. The van der Waals surface area contributed by atoms with Gasteiger partial charge in [-0.1, -0.05) is 5.16 Å². The van der Waals surface area contributed by atoms with Gasteiger partial charge in [0.25, 0.3) is 0 Å². The number of oxime groups is 1. The Morgan fingerprint density at radius 3 is 2.45 bits per heavy atom. The van der Waals surface area contributed by atoms with Crippen LogP contribution in [0.15, 0.2) is 33.8 Å². The van der Waals surface area contributed by atoms with E-state index < -0.39 is 54.2 Å². The Balaban J connectivity index is 1.78. The molecule has 2 aliphatic rings. The lowest BCUT2D eigenvalue weighted by Crippen LogP contribution is -2.57. The van der Waals surface area contributed by atoms with Crippen molar-refractivity contribution < 1.29 is 40.4 Å². The van der Waals surface area contributed by atoms with Gasteiger partial charge in [0.2, 0.25) is 0 Å². The zero-order valence-electron chi connectivity index (χ0n) is 13.9. The molecule has 0 fully saturated rings. The van der Waals surface area contributed by atoms with Crippen molar-refractivity contribution in [2.24, 2.45) is 15.4 Å². The van der Waals surface area contributed by atoms with Crippen molar-refractivity contribution in [1.82, 2.24) is 15.4 Å². The van der Waals surface area contributed by atoms with E-state index >= 15 is 0 Å². The summed E-state index contributed by atoms with van der Waals surface area (Å²) in [6.45, 7) is -0.598. The second kappa shape index (κ2) is 6.97. The molecule has 0 aromatic carbocycles. The van der Waals surface area contributed by atoms with Gasteiger partial charge < -0.3 is 4.84 Å². The van der Waals surface area contributed by atoms with Crippen LogP contribution in [0.5, 0.6) is 0 Å². The molecule has 1 aromatic heterocycles. The number of hydrogen-bond acceptors (Lipinski definition) is 6. The third-order valence-corrected chi connectivity index (χ3v) is 3.87. The van der Waals surface area contributed by atoms with Gasteiger partial charge in [-0.3, -0.25) is 4.98 Å². The summed E-state index contributed by atoms with van der Waals surface area (Å²) in [5, 5.41) is 10.7. The van der Waals surface area contributed by atoms with Gasteiger partial charge in [-0.25, -0.2) is 19.6 Å². The van der Waals surface area contributed by atoms with Crippen molar-refractivity contribution in [3.05, 3.63) is 29.8 Å². The highest BCUT2D eigenvalue weighted by Gasteiger charge is 2.76. The molecule has 0 saturated heterocycles. The minimum Gasteiger partial charge on any atom is -0.369 e. The van der Waals surface area contributed by atoms with Gasteiger partial charge in [-0.15, -0.1) is 0 Å². The average molecular weight is 426 g/mol. The molecule has 0 aliphatic carbocycles. The van der Waals surface area contributed by atoms with Crippen LogP contribution in [0.3, 0.4) is 0 Å². The van der Waals surface area contributed by atoms with Gasteiger partial charge >= 0.3 is 24.0 Å². The molecule has 8 nitrogen and oxygen atoms in total. The van der Waals surface area contributed by atoms with Crippen molar-refractivity contribution in [1.29, 1.82) is 0 Å². The number of carbonyl (C=O) groups excluding carboxylic acids is 1. The number of urea groups is 1. The van der Waals surface area contributed by atoms with Crippen LogP contribution in [0.25, 0.3) is 0 Å². The number of nitrogens with one attached hydrogen (secondary N) is 1. The Morgan fingerprint density at radius 2 is 1.86 bits per heavy atom. The summed E-state index contributed by atoms with van der Waals surface area (Å²) in [7, 11) is 0. The molecule has 0 atom stereocenters. The highest BCUT2D eigenvalue weighted by Crippen LogP contribution is 2.50. The van der Waals surface area contributed by atoms with E-state index in [0.29, 0.717) is 5.01 Å². The molecule has 2 amide bonds. The number of carbonyl (C=O) groups is 1. The molecule has 3 heterocycles. The molecule has 1 N–H and O–H groups in total. The van der Waals surface area contributed by atoms with E-state index in [2.05, 4.69) is 25.2 Å². The highest BCUT2D eigenvalue weighted by atomic mass is 19.4. The molecule has 156 valence electrons. The lowest BCUT2D eigenvalue weighted by molar-refractivity contribution is -0.373. The van der Waals surface area contributed by atoms with E-state index in [9.17, 15) is 35.5 Å². The molecule has 15 heteroatoms. The fourth-order valence-corrected chi connectivity index (χ4v) is 2.36. The van der Waals surface area contributed by atoms with Crippen LogP contribution in [-0.2, 0) is 4.84 Å². The van der Waals surface area contributed by atoms with Gasteiger partial charge in [0.1, 0.15) is 17.2 Å².